The standard InChI is InChI=1S/C27H47N7O2/c1-20(35)25(28)26(36)29-15-13-23-22(12-9-19-34(23)21-10-5-4-6-11-21)31-27-30-16-14-24(32-27)33-17-7-2-3-8-18-33/h14,16,20-23,25,35H,2-13,15,17-19,28H2,1H3,(H,29,36)(H,30,31,32)/t20-,22?,23?,25+/m1/s1. The zero-order chi connectivity index (χ0) is 25.3. The van der Waals surface area contributed by atoms with E-state index in [4.69, 9.17) is 10.7 Å². The number of hydrogen-bond acceptors (Lipinski definition) is 8. The van der Waals surface area contributed by atoms with Crippen LogP contribution in [0.3, 0.4) is 0 Å². The van der Waals surface area contributed by atoms with Gasteiger partial charge in [0.2, 0.25) is 11.9 Å². The van der Waals surface area contributed by atoms with Crippen LogP contribution >= 0.6 is 0 Å². The molecule has 0 radical (unpaired) electrons. The summed E-state index contributed by atoms with van der Waals surface area (Å²) in [5, 5.41) is 16.3. The van der Waals surface area contributed by atoms with Crippen molar-refractivity contribution in [1.29, 1.82) is 0 Å². The SMILES string of the molecule is C[C@@H](O)[C@H](N)C(=O)NCCC1C(Nc2nccc(N3CCCCCC3)n2)CCCN1C1CCCCC1. The third kappa shape index (κ3) is 7.29. The van der Waals surface area contributed by atoms with Crippen LogP contribution < -0.4 is 21.3 Å². The lowest BCUT2D eigenvalue weighted by atomic mass is 9.87. The maximum absolute atomic E-state index is 12.3. The molecule has 3 fully saturated rings. The van der Waals surface area contributed by atoms with Crippen molar-refractivity contribution in [2.45, 2.75) is 114 Å². The summed E-state index contributed by atoms with van der Waals surface area (Å²) in [5.74, 6) is 1.44. The number of piperidine rings is 1. The van der Waals surface area contributed by atoms with E-state index in [1.54, 1.807) is 6.92 Å². The summed E-state index contributed by atoms with van der Waals surface area (Å²) in [6.45, 7) is 5.32. The first-order valence-corrected chi connectivity index (χ1v) is 14.3. The Morgan fingerprint density at radius 3 is 2.53 bits per heavy atom. The molecule has 3 heterocycles. The highest BCUT2D eigenvalue weighted by Crippen LogP contribution is 2.31. The molecule has 9 nitrogen and oxygen atoms in total. The molecule has 4 atom stereocenters. The average molecular weight is 502 g/mol. The van der Waals surface area contributed by atoms with E-state index in [9.17, 15) is 9.90 Å². The number of nitrogens with one attached hydrogen (secondary N) is 2. The maximum atomic E-state index is 12.3. The zero-order valence-electron chi connectivity index (χ0n) is 22.1. The van der Waals surface area contributed by atoms with E-state index in [1.807, 2.05) is 12.3 Å². The Kier molecular flexibility index (Phi) is 10.2. The molecular formula is C27H47N7O2. The summed E-state index contributed by atoms with van der Waals surface area (Å²) in [7, 11) is 0. The van der Waals surface area contributed by atoms with Crippen LogP contribution in [0.5, 0.6) is 0 Å². The van der Waals surface area contributed by atoms with Gasteiger partial charge in [-0.3, -0.25) is 9.69 Å². The Morgan fingerprint density at radius 2 is 1.81 bits per heavy atom. The molecule has 5 N–H and O–H groups in total. The van der Waals surface area contributed by atoms with Crippen molar-refractivity contribution in [1.82, 2.24) is 20.2 Å². The van der Waals surface area contributed by atoms with Crippen LogP contribution in [0.4, 0.5) is 11.8 Å². The third-order valence-corrected chi connectivity index (χ3v) is 8.31. The monoisotopic (exact) mass is 501 g/mol. The average Bonchev–Trinajstić information content (AvgIpc) is 3.19. The summed E-state index contributed by atoms with van der Waals surface area (Å²) in [4.78, 5) is 27.0. The lowest BCUT2D eigenvalue weighted by molar-refractivity contribution is -0.124. The van der Waals surface area contributed by atoms with Gasteiger partial charge in [-0.2, -0.15) is 4.98 Å². The van der Waals surface area contributed by atoms with Gasteiger partial charge in [-0.25, -0.2) is 4.98 Å². The van der Waals surface area contributed by atoms with Crippen LogP contribution in [-0.4, -0.2) is 82.3 Å². The number of nitrogens with zero attached hydrogens (tertiary/aromatic N) is 4. The first-order valence-electron chi connectivity index (χ1n) is 14.3. The highest BCUT2D eigenvalue weighted by molar-refractivity contribution is 5.82. The number of amides is 1. The van der Waals surface area contributed by atoms with E-state index in [1.165, 1.54) is 57.8 Å². The third-order valence-electron chi connectivity index (χ3n) is 8.31. The quantitative estimate of drug-likeness (QED) is 0.408. The topological polar surface area (TPSA) is 120 Å². The highest BCUT2D eigenvalue weighted by atomic mass is 16.3. The zero-order valence-corrected chi connectivity index (χ0v) is 22.1. The second kappa shape index (κ2) is 13.5. The van der Waals surface area contributed by atoms with Crippen molar-refractivity contribution >= 4 is 17.7 Å². The number of carbonyl (C=O) groups excluding carboxylic acids is 1. The second-order valence-corrected chi connectivity index (χ2v) is 11.0. The Balaban J connectivity index is 1.45. The number of hydrogen-bond donors (Lipinski definition) is 4. The van der Waals surface area contributed by atoms with Gasteiger partial charge in [-0.05, 0) is 64.5 Å². The molecule has 0 bridgehead atoms. The van der Waals surface area contributed by atoms with Crippen molar-refractivity contribution in [3.8, 4) is 0 Å². The fraction of sp³-hybridized carbons (Fsp3) is 0.815. The van der Waals surface area contributed by atoms with Gasteiger partial charge >= 0.3 is 0 Å². The van der Waals surface area contributed by atoms with Gasteiger partial charge in [-0.15, -0.1) is 0 Å². The van der Waals surface area contributed by atoms with Gasteiger partial charge in [0.05, 0.1) is 6.10 Å². The van der Waals surface area contributed by atoms with Crippen molar-refractivity contribution in [3.05, 3.63) is 12.3 Å². The van der Waals surface area contributed by atoms with Crippen LogP contribution in [0.1, 0.15) is 84.0 Å². The molecule has 3 aliphatic rings. The van der Waals surface area contributed by atoms with Gasteiger partial charge < -0.3 is 26.4 Å². The van der Waals surface area contributed by atoms with Crippen LogP contribution in [0.25, 0.3) is 0 Å². The number of aliphatic hydroxyl groups excluding tert-OH is 1. The van der Waals surface area contributed by atoms with Crippen molar-refractivity contribution in [3.63, 3.8) is 0 Å². The molecule has 1 amide bonds. The Hall–Kier alpha value is -1.97. The molecule has 36 heavy (non-hydrogen) atoms. The maximum Gasteiger partial charge on any atom is 0.239 e. The Labute approximate surface area is 216 Å². The summed E-state index contributed by atoms with van der Waals surface area (Å²) in [6.07, 6.45) is 15.5. The van der Waals surface area contributed by atoms with Crippen LogP contribution in [-0.2, 0) is 4.79 Å². The number of nitrogens with two attached hydrogens (primary N) is 1. The number of aliphatic hydroxyl groups is 1. The van der Waals surface area contributed by atoms with E-state index >= 15 is 0 Å². The normalized spacial score (nSPS) is 26.1. The molecule has 9 heteroatoms. The number of carbonyl (C=O) groups is 1. The molecule has 2 saturated heterocycles. The molecule has 0 aromatic carbocycles. The van der Waals surface area contributed by atoms with Crippen LogP contribution in [0.15, 0.2) is 12.3 Å². The van der Waals surface area contributed by atoms with E-state index in [2.05, 4.69) is 25.4 Å². The van der Waals surface area contributed by atoms with E-state index in [0.29, 0.717) is 18.5 Å². The number of anilines is 2. The smallest absolute Gasteiger partial charge is 0.239 e. The minimum Gasteiger partial charge on any atom is -0.391 e. The number of aromatic nitrogens is 2. The summed E-state index contributed by atoms with van der Waals surface area (Å²) in [6, 6.07) is 2.25. The molecule has 1 aromatic rings. The Bertz CT molecular complexity index is 809. The number of likely N-dealkylation sites (tertiary alicyclic amines) is 1. The molecule has 2 aliphatic heterocycles. The first-order chi connectivity index (χ1) is 17.5. The van der Waals surface area contributed by atoms with Crippen LogP contribution in [0.2, 0.25) is 0 Å². The van der Waals surface area contributed by atoms with Gasteiger partial charge in [0, 0.05) is 44.0 Å². The fourth-order valence-corrected chi connectivity index (χ4v) is 6.23. The molecule has 1 aromatic heterocycles. The molecular weight excluding hydrogens is 454 g/mol. The van der Waals surface area contributed by atoms with E-state index < -0.39 is 12.1 Å². The molecule has 2 unspecified atom stereocenters. The minimum absolute atomic E-state index is 0.224. The number of rotatable bonds is 9. The fourth-order valence-electron chi connectivity index (χ4n) is 6.23. The summed E-state index contributed by atoms with van der Waals surface area (Å²) in [5.41, 5.74) is 5.83. The van der Waals surface area contributed by atoms with E-state index in [-0.39, 0.29) is 18.0 Å². The molecule has 0 spiro atoms. The van der Waals surface area contributed by atoms with E-state index in [0.717, 1.165) is 44.7 Å². The highest BCUT2D eigenvalue weighted by Gasteiger charge is 2.36. The summed E-state index contributed by atoms with van der Waals surface area (Å²) < 4.78 is 0. The van der Waals surface area contributed by atoms with Crippen molar-refractivity contribution < 1.29 is 9.90 Å². The predicted molar refractivity (Wildman–Crippen MR) is 144 cm³/mol. The Morgan fingerprint density at radius 1 is 1.08 bits per heavy atom. The molecule has 1 saturated carbocycles. The largest absolute Gasteiger partial charge is 0.391 e. The van der Waals surface area contributed by atoms with Gasteiger partial charge in [0.15, 0.2) is 0 Å². The summed E-state index contributed by atoms with van der Waals surface area (Å²) >= 11 is 0. The van der Waals surface area contributed by atoms with Gasteiger partial charge in [-0.1, -0.05) is 32.1 Å². The molecule has 202 valence electrons. The first kappa shape index (κ1) is 27.1. The predicted octanol–water partition coefficient (Wildman–Crippen LogP) is 2.65. The lowest BCUT2D eigenvalue weighted by Gasteiger charge is -2.47. The van der Waals surface area contributed by atoms with Gasteiger partial charge in [0.1, 0.15) is 11.9 Å². The van der Waals surface area contributed by atoms with Crippen molar-refractivity contribution in [2.24, 2.45) is 5.73 Å². The van der Waals surface area contributed by atoms with Crippen molar-refractivity contribution in [2.75, 3.05) is 36.4 Å². The lowest BCUT2D eigenvalue weighted by Crippen LogP contribution is -2.57. The minimum atomic E-state index is -0.894. The van der Waals surface area contributed by atoms with Gasteiger partial charge in [0.25, 0.3) is 0 Å². The molecule has 1 aliphatic carbocycles. The second-order valence-electron chi connectivity index (χ2n) is 11.0. The van der Waals surface area contributed by atoms with Crippen LogP contribution in [0, 0.1) is 0 Å². The molecule has 4 rings (SSSR count).